The number of aliphatic hydroxyl groups is 1. The van der Waals surface area contributed by atoms with Crippen LogP contribution in [0.25, 0.3) is 5.76 Å². The quantitative estimate of drug-likeness (QED) is 0.286. The van der Waals surface area contributed by atoms with Gasteiger partial charge in [-0.25, -0.2) is 4.39 Å². The van der Waals surface area contributed by atoms with Gasteiger partial charge in [0.25, 0.3) is 11.7 Å². The van der Waals surface area contributed by atoms with Gasteiger partial charge in [0.15, 0.2) is 0 Å². The fourth-order valence-electron chi connectivity index (χ4n) is 4.44. The first-order valence-corrected chi connectivity index (χ1v) is 11.5. The first-order valence-electron chi connectivity index (χ1n) is 11.5. The Morgan fingerprint density at radius 3 is 2.20 bits per heavy atom. The molecule has 0 aromatic heterocycles. The summed E-state index contributed by atoms with van der Waals surface area (Å²) in [5.41, 5.74) is 2.24. The molecule has 1 amide bonds. The van der Waals surface area contributed by atoms with Crippen LogP contribution in [0, 0.1) is 5.82 Å². The zero-order chi connectivity index (χ0) is 25.1. The molecule has 0 bridgehead atoms. The Kier molecular flexibility index (Phi) is 6.87. The van der Waals surface area contributed by atoms with Gasteiger partial charge in [-0.2, -0.15) is 0 Å². The van der Waals surface area contributed by atoms with Gasteiger partial charge in [-0.1, -0.05) is 24.3 Å². The molecule has 35 heavy (non-hydrogen) atoms. The molecule has 1 aliphatic rings. The molecular formula is C28H27FN2O4. The predicted molar refractivity (Wildman–Crippen MR) is 134 cm³/mol. The third-order valence-corrected chi connectivity index (χ3v) is 6.24. The standard InChI is InChI=1S/C28H27FN2O4/c1-4-30(5-2)21-16-12-18(13-17-21)25-24(26(32)19-10-14-20(29)15-11-19)27(33)28(34)31(25)22-8-6-7-9-23(22)35-3/h6-17,25,32H,4-5H2,1-3H3/b26-24-. The summed E-state index contributed by atoms with van der Waals surface area (Å²) >= 11 is 0. The number of hydrogen-bond acceptors (Lipinski definition) is 5. The fourth-order valence-corrected chi connectivity index (χ4v) is 4.44. The molecule has 1 atom stereocenters. The molecule has 0 spiro atoms. The van der Waals surface area contributed by atoms with Gasteiger partial charge in [0.1, 0.15) is 17.3 Å². The molecule has 4 rings (SSSR count). The molecule has 1 unspecified atom stereocenters. The van der Waals surface area contributed by atoms with Crippen molar-refractivity contribution in [1.29, 1.82) is 0 Å². The predicted octanol–water partition coefficient (Wildman–Crippen LogP) is 5.31. The molecule has 0 aliphatic carbocycles. The van der Waals surface area contributed by atoms with Crippen LogP contribution in [0.5, 0.6) is 5.75 Å². The molecule has 0 radical (unpaired) electrons. The number of methoxy groups -OCH3 is 1. The van der Waals surface area contributed by atoms with E-state index in [0.29, 0.717) is 17.0 Å². The van der Waals surface area contributed by atoms with Crippen LogP contribution in [0.3, 0.4) is 0 Å². The second kappa shape index (κ2) is 10.0. The second-order valence-electron chi connectivity index (χ2n) is 8.11. The van der Waals surface area contributed by atoms with E-state index < -0.39 is 23.5 Å². The summed E-state index contributed by atoms with van der Waals surface area (Å²) in [6, 6.07) is 18.7. The summed E-state index contributed by atoms with van der Waals surface area (Å²) in [6.07, 6.45) is 0. The molecule has 1 fully saturated rings. The van der Waals surface area contributed by atoms with Gasteiger partial charge >= 0.3 is 0 Å². The molecule has 1 heterocycles. The number of hydrogen-bond donors (Lipinski definition) is 1. The van der Waals surface area contributed by atoms with Crippen LogP contribution in [-0.2, 0) is 9.59 Å². The maximum absolute atomic E-state index is 13.5. The summed E-state index contributed by atoms with van der Waals surface area (Å²) in [4.78, 5) is 30.2. The van der Waals surface area contributed by atoms with Crippen molar-refractivity contribution in [2.24, 2.45) is 0 Å². The molecule has 0 saturated carbocycles. The molecule has 7 heteroatoms. The minimum absolute atomic E-state index is 0.0666. The Morgan fingerprint density at radius 1 is 0.971 bits per heavy atom. The highest BCUT2D eigenvalue weighted by atomic mass is 19.1. The van der Waals surface area contributed by atoms with E-state index in [1.54, 1.807) is 24.3 Å². The zero-order valence-electron chi connectivity index (χ0n) is 19.9. The maximum atomic E-state index is 13.5. The van der Waals surface area contributed by atoms with Gasteiger partial charge in [-0.05, 0) is 67.9 Å². The first-order chi connectivity index (χ1) is 16.9. The van der Waals surface area contributed by atoms with Crippen molar-refractivity contribution in [3.63, 3.8) is 0 Å². The number of aliphatic hydroxyl groups excluding tert-OH is 1. The number of ketones is 1. The molecule has 3 aromatic rings. The van der Waals surface area contributed by atoms with Crippen molar-refractivity contribution in [3.05, 3.63) is 95.3 Å². The van der Waals surface area contributed by atoms with Gasteiger partial charge in [0.2, 0.25) is 0 Å². The number of para-hydroxylation sites is 2. The number of ether oxygens (including phenoxy) is 1. The number of carbonyl (C=O) groups excluding carboxylic acids is 2. The lowest BCUT2D eigenvalue weighted by Gasteiger charge is -2.27. The lowest BCUT2D eigenvalue weighted by molar-refractivity contribution is -0.132. The van der Waals surface area contributed by atoms with E-state index in [0.717, 1.165) is 18.8 Å². The number of Topliss-reactive ketones (excluding diaryl/α,β-unsaturated/α-hetero) is 1. The summed E-state index contributed by atoms with van der Waals surface area (Å²) in [7, 11) is 1.49. The number of rotatable bonds is 7. The van der Waals surface area contributed by atoms with Crippen molar-refractivity contribution in [2.75, 3.05) is 30.0 Å². The lowest BCUT2D eigenvalue weighted by atomic mass is 9.94. The number of halogens is 1. The second-order valence-corrected chi connectivity index (χ2v) is 8.11. The average Bonchev–Trinajstić information content (AvgIpc) is 3.15. The largest absolute Gasteiger partial charge is 0.507 e. The Bertz CT molecular complexity index is 1260. The van der Waals surface area contributed by atoms with E-state index in [1.165, 1.54) is 36.3 Å². The fraction of sp³-hybridized carbons (Fsp3) is 0.214. The van der Waals surface area contributed by atoms with Crippen LogP contribution in [-0.4, -0.2) is 37.0 Å². The smallest absolute Gasteiger partial charge is 0.300 e. The van der Waals surface area contributed by atoms with Crippen molar-refractivity contribution in [1.82, 2.24) is 0 Å². The number of amides is 1. The van der Waals surface area contributed by atoms with E-state index >= 15 is 0 Å². The third kappa shape index (κ3) is 4.37. The monoisotopic (exact) mass is 474 g/mol. The molecule has 6 nitrogen and oxygen atoms in total. The van der Waals surface area contributed by atoms with Gasteiger partial charge in [-0.15, -0.1) is 0 Å². The molecular weight excluding hydrogens is 447 g/mol. The normalized spacial score (nSPS) is 17.0. The van der Waals surface area contributed by atoms with Gasteiger partial charge in [0.05, 0.1) is 24.4 Å². The molecule has 180 valence electrons. The van der Waals surface area contributed by atoms with Gasteiger partial charge in [0, 0.05) is 24.3 Å². The van der Waals surface area contributed by atoms with E-state index in [4.69, 9.17) is 4.74 Å². The zero-order valence-corrected chi connectivity index (χ0v) is 19.9. The first kappa shape index (κ1) is 24.0. The van der Waals surface area contributed by atoms with Gasteiger partial charge < -0.3 is 14.7 Å². The minimum atomic E-state index is -0.901. The average molecular weight is 475 g/mol. The summed E-state index contributed by atoms with van der Waals surface area (Å²) in [5, 5.41) is 11.2. The number of anilines is 2. The highest BCUT2D eigenvalue weighted by molar-refractivity contribution is 6.51. The highest BCUT2D eigenvalue weighted by Gasteiger charge is 2.47. The van der Waals surface area contributed by atoms with Crippen molar-refractivity contribution in [3.8, 4) is 5.75 Å². The number of benzene rings is 3. The maximum Gasteiger partial charge on any atom is 0.300 e. The van der Waals surface area contributed by atoms with Crippen LogP contribution >= 0.6 is 0 Å². The molecule has 3 aromatic carbocycles. The molecule has 1 aliphatic heterocycles. The summed E-state index contributed by atoms with van der Waals surface area (Å²) < 4.78 is 19.0. The van der Waals surface area contributed by atoms with Crippen molar-refractivity contribution >= 4 is 28.8 Å². The lowest BCUT2D eigenvalue weighted by Crippen LogP contribution is -2.30. The van der Waals surface area contributed by atoms with Crippen LogP contribution < -0.4 is 14.5 Å². The number of nitrogens with zero attached hydrogens (tertiary/aromatic N) is 2. The molecule has 1 saturated heterocycles. The summed E-state index contributed by atoms with van der Waals surface area (Å²) in [6.45, 7) is 5.80. The third-order valence-electron chi connectivity index (χ3n) is 6.24. The minimum Gasteiger partial charge on any atom is -0.507 e. The van der Waals surface area contributed by atoms with Crippen molar-refractivity contribution < 1.29 is 23.8 Å². The highest BCUT2D eigenvalue weighted by Crippen LogP contribution is 2.45. The van der Waals surface area contributed by atoms with Crippen LogP contribution in [0.1, 0.15) is 31.0 Å². The Labute approximate surface area is 203 Å². The van der Waals surface area contributed by atoms with Crippen molar-refractivity contribution in [2.45, 2.75) is 19.9 Å². The Morgan fingerprint density at radius 2 is 1.60 bits per heavy atom. The van der Waals surface area contributed by atoms with E-state index in [2.05, 4.69) is 18.7 Å². The van der Waals surface area contributed by atoms with Gasteiger partial charge in [-0.3, -0.25) is 14.5 Å². The Hall–Kier alpha value is -4.13. The Balaban J connectivity index is 1.92. The van der Waals surface area contributed by atoms with Crippen LogP contribution in [0.2, 0.25) is 0 Å². The number of carbonyl (C=O) groups is 2. The SMILES string of the molecule is CCN(CC)c1ccc(C2/C(=C(/O)c3ccc(F)cc3)C(=O)C(=O)N2c2ccccc2OC)cc1. The van der Waals surface area contributed by atoms with E-state index in [1.807, 2.05) is 24.3 Å². The molecule has 1 N–H and O–H groups in total. The van der Waals surface area contributed by atoms with E-state index in [9.17, 15) is 19.1 Å². The van der Waals surface area contributed by atoms with E-state index in [-0.39, 0.29) is 16.9 Å². The topological polar surface area (TPSA) is 70.1 Å². The van der Waals surface area contributed by atoms with Crippen LogP contribution in [0.4, 0.5) is 15.8 Å². The summed E-state index contributed by atoms with van der Waals surface area (Å²) in [5.74, 6) is -2.02. The van der Waals surface area contributed by atoms with Crippen LogP contribution in [0.15, 0.2) is 78.4 Å².